The lowest BCUT2D eigenvalue weighted by Crippen LogP contribution is -2.22. The van der Waals surface area contributed by atoms with Gasteiger partial charge in [-0.3, -0.25) is 13.8 Å². The highest BCUT2D eigenvalue weighted by Crippen LogP contribution is 2.27. The van der Waals surface area contributed by atoms with E-state index in [2.05, 4.69) is 45.2 Å². The van der Waals surface area contributed by atoms with E-state index in [9.17, 15) is 4.79 Å². The Labute approximate surface area is 160 Å². The molecule has 0 atom stereocenters. The van der Waals surface area contributed by atoms with Gasteiger partial charge in [-0.2, -0.15) is 0 Å². The number of hydrogen-bond acceptors (Lipinski definition) is 5. The number of nitrogens with zero attached hydrogens (tertiary/aromatic N) is 4. The van der Waals surface area contributed by atoms with E-state index in [4.69, 9.17) is 0 Å². The van der Waals surface area contributed by atoms with Gasteiger partial charge in [0, 0.05) is 16.8 Å². The molecular formula is C17H15BrN4OS2. The van der Waals surface area contributed by atoms with Crippen molar-refractivity contribution in [3.8, 4) is 0 Å². The van der Waals surface area contributed by atoms with Crippen LogP contribution in [-0.2, 0) is 12.3 Å². The van der Waals surface area contributed by atoms with Crippen LogP contribution < -0.4 is 5.56 Å². The number of rotatable bonds is 5. The van der Waals surface area contributed by atoms with E-state index in [1.165, 1.54) is 16.9 Å². The van der Waals surface area contributed by atoms with Gasteiger partial charge in [-0.25, -0.2) is 0 Å². The zero-order valence-corrected chi connectivity index (χ0v) is 16.7. The summed E-state index contributed by atoms with van der Waals surface area (Å²) in [6.45, 7) is 2.70. The summed E-state index contributed by atoms with van der Waals surface area (Å²) in [6.07, 6.45) is 0.875. The predicted octanol–water partition coefficient (Wildman–Crippen LogP) is 4.57. The maximum Gasteiger partial charge on any atom is 0.272 e. The molecule has 0 saturated heterocycles. The Kier molecular flexibility index (Phi) is 4.66. The minimum absolute atomic E-state index is 0.0234. The lowest BCUT2D eigenvalue weighted by atomic mass is 10.2. The van der Waals surface area contributed by atoms with Crippen molar-refractivity contribution in [3.63, 3.8) is 0 Å². The molecule has 0 spiro atoms. The Morgan fingerprint density at radius 1 is 1.28 bits per heavy atom. The van der Waals surface area contributed by atoms with Crippen LogP contribution in [0, 0.1) is 0 Å². The first kappa shape index (κ1) is 16.8. The molecule has 4 aromatic rings. The molecule has 5 nitrogen and oxygen atoms in total. The first-order valence-corrected chi connectivity index (χ1v) is 10.6. The number of benzene rings is 1. The third-order valence-corrected chi connectivity index (χ3v) is 6.27. The lowest BCUT2D eigenvalue weighted by molar-refractivity contribution is 0.663. The summed E-state index contributed by atoms with van der Waals surface area (Å²) >= 11 is 6.60. The van der Waals surface area contributed by atoms with Gasteiger partial charge in [0.25, 0.3) is 5.56 Å². The Morgan fingerprint density at radius 2 is 2.16 bits per heavy atom. The summed E-state index contributed by atoms with van der Waals surface area (Å²) in [5.41, 5.74) is 2.12. The second-order valence-electron chi connectivity index (χ2n) is 5.63. The lowest BCUT2D eigenvalue weighted by Gasteiger charge is -2.08. The zero-order chi connectivity index (χ0) is 17.4. The second-order valence-corrected chi connectivity index (χ2v) is 8.40. The fourth-order valence-electron chi connectivity index (χ4n) is 2.79. The average molecular weight is 435 g/mol. The number of aryl methyl sites for hydroxylation is 1. The van der Waals surface area contributed by atoms with Crippen LogP contribution in [0.25, 0.3) is 16.0 Å². The molecule has 0 bridgehead atoms. The quantitative estimate of drug-likeness (QED) is 0.431. The third-order valence-electron chi connectivity index (χ3n) is 3.89. The topological polar surface area (TPSA) is 52.2 Å². The number of halogens is 1. The fourth-order valence-corrected chi connectivity index (χ4v) is 4.95. The van der Waals surface area contributed by atoms with E-state index in [0.29, 0.717) is 12.3 Å². The largest absolute Gasteiger partial charge is 0.276 e. The average Bonchev–Trinajstić information content (AvgIpc) is 3.23. The standard InChI is InChI=1S/C17H15BrN4OS2/c1-2-7-21-15(23)14-13(6-8-24-14)22-16(21)19-20-17(22)25-10-11-4-3-5-12(18)9-11/h3-6,8-9H,2,7,10H2,1H3. The van der Waals surface area contributed by atoms with Crippen molar-refractivity contribution < 1.29 is 0 Å². The van der Waals surface area contributed by atoms with E-state index in [1.807, 2.05) is 28.0 Å². The summed E-state index contributed by atoms with van der Waals surface area (Å²) in [6, 6.07) is 10.2. The molecule has 0 radical (unpaired) electrons. The van der Waals surface area contributed by atoms with Crippen LogP contribution in [0.15, 0.2) is 50.1 Å². The van der Waals surface area contributed by atoms with Crippen LogP contribution in [0.4, 0.5) is 0 Å². The minimum atomic E-state index is 0.0234. The maximum absolute atomic E-state index is 12.7. The molecule has 0 saturated carbocycles. The molecule has 0 aliphatic rings. The highest BCUT2D eigenvalue weighted by atomic mass is 79.9. The van der Waals surface area contributed by atoms with E-state index < -0.39 is 0 Å². The molecule has 4 rings (SSSR count). The maximum atomic E-state index is 12.7. The Morgan fingerprint density at radius 3 is 2.96 bits per heavy atom. The smallest absolute Gasteiger partial charge is 0.272 e. The van der Waals surface area contributed by atoms with Crippen molar-refractivity contribution in [2.45, 2.75) is 30.8 Å². The first-order valence-electron chi connectivity index (χ1n) is 7.91. The van der Waals surface area contributed by atoms with Crippen LogP contribution in [0.1, 0.15) is 18.9 Å². The van der Waals surface area contributed by atoms with Crippen molar-refractivity contribution in [3.05, 3.63) is 56.1 Å². The van der Waals surface area contributed by atoms with Crippen LogP contribution in [0.2, 0.25) is 0 Å². The van der Waals surface area contributed by atoms with Crippen molar-refractivity contribution in [2.24, 2.45) is 0 Å². The summed E-state index contributed by atoms with van der Waals surface area (Å²) < 4.78 is 5.55. The number of hydrogen-bond donors (Lipinski definition) is 0. The minimum Gasteiger partial charge on any atom is -0.276 e. The molecule has 0 unspecified atom stereocenters. The molecule has 128 valence electrons. The van der Waals surface area contributed by atoms with Crippen LogP contribution >= 0.6 is 39.0 Å². The molecule has 8 heteroatoms. The highest BCUT2D eigenvalue weighted by molar-refractivity contribution is 9.10. The van der Waals surface area contributed by atoms with Gasteiger partial charge >= 0.3 is 0 Å². The predicted molar refractivity (Wildman–Crippen MR) is 107 cm³/mol. The van der Waals surface area contributed by atoms with Gasteiger partial charge < -0.3 is 0 Å². The van der Waals surface area contributed by atoms with Crippen LogP contribution in [0.5, 0.6) is 0 Å². The SMILES string of the molecule is CCCn1c(=O)c2sccc2n2c(SCc3cccc(Br)c3)nnc12. The summed E-state index contributed by atoms with van der Waals surface area (Å²) in [5.74, 6) is 1.41. The van der Waals surface area contributed by atoms with Crippen LogP contribution in [0.3, 0.4) is 0 Å². The molecular weight excluding hydrogens is 420 g/mol. The molecule has 25 heavy (non-hydrogen) atoms. The Hall–Kier alpha value is -1.64. The Balaban J connectivity index is 1.81. The van der Waals surface area contributed by atoms with Crippen molar-refractivity contribution >= 4 is 55.0 Å². The number of fused-ring (bicyclic) bond motifs is 3. The molecule has 3 aromatic heterocycles. The molecule has 0 aliphatic carbocycles. The highest BCUT2D eigenvalue weighted by Gasteiger charge is 2.17. The van der Waals surface area contributed by atoms with Gasteiger partial charge in [0.1, 0.15) is 4.70 Å². The number of thioether (sulfide) groups is 1. The summed E-state index contributed by atoms with van der Waals surface area (Å²) in [7, 11) is 0. The number of aromatic nitrogens is 4. The van der Waals surface area contributed by atoms with Gasteiger partial charge in [-0.05, 0) is 35.6 Å². The normalized spacial score (nSPS) is 11.6. The monoisotopic (exact) mass is 434 g/mol. The third kappa shape index (κ3) is 3.02. The van der Waals surface area contributed by atoms with E-state index >= 15 is 0 Å². The van der Waals surface area contributed by atoms with Crippen molar-refractivity contribution in [2.75, 3.05) is 0 Å². The van der Waals surface area contributed by atoms with Crippen molar-refractivity contribution in [1.82, 2.24) is 19.2 Å². The molecule has 3 heterocycles. The van der Waals surface area contributed by atoms with Gasteiger partial charge in [0.2, 0.25) is 5.78 Å². The van der Waals surface area contributed by atoms with E-state index in [-0.39, 0.29) is 5.56 Å². The van der Waals surface area contributed by atoms with Gasteiger partial charge in [0.05, 0.1) is 5.52 Å². The number of thiophene rings is 1. The van der Waals surface area contributed by atoms with E-state index in [1.54, 1.807) is 16.3 Å². The summed E-state index contributed by atoms with van der Waals surface area (Å²) in [5, 5.41) is 11.4. The second kappa shape index (κ2) is 6.93. The zero-order valence-electron chi connectivity index (χ0n) is 13.5. The summed E-state index contributed by atoms with van der Waals surface area (Å²) in [4.78, 5) is 12.7. The van der Waals surface area contributed by atoms with Gasteiger partial charge in [-0.1, -0.05) is 46.7 Å². The fraction of sp³-hybridized carbons (Fsp3) is 0.235. The van der Waals surface area contributed by atoms with Gasteiger partial charge in [-0.15, -0.1) is 21.5 Å². The first-order chi connectivity index (χ1) is 12.2. The van der Waals surface area contributed by atoms with E-state index in [0.717, 1.165) is 32.0 Å². The van der Waals surface area contributed by atoms with Crippen LogP contribution in [-0.4, -0.2) is 19.2 Å². The molecule has 0 N–H and O–H groups in total. The molecule has 0 fully saturated rings. The molecule has 0 amide bonds. The van der Waals surface area contributed by atoms with Crippen molar-refractivity contribution in [1.29, 1.82) is 0 Å². The molecule has 1 aromatic carbocycles. The molecule has 0 aliphatic heterocycles. The Bertz CT molecular complexity index is 1110. The van der Waals surface area contributed by atoms with Gasteiger partial charge in [0.15, 0.2) is 5.16 Å².